The van der Waals surface area contributed by atoms with Crippen molar-refractivity contribution in [3.8, 4) is 0 Å². The third-order valence-electron chi connectivity index (χ3n) is 4.74. The fraction of sp³-hybridized carbons (Fsp3) is 0.650. The summed E-state index contributed by atoms with van der Waals surface area (Å²) in [6.07, 6.45) is 6.49. The lowest BCUT2D eigenvalue weighted by molar-refractivity contribution is -0.0379. The molecule has 2 rings (SSSR count). The van der Waals surface area contributed by atoms with Crippen LogP contribution in [0.15, 0.2) is 22.8 Å². The van der Waals surface area contributed by atoms with Crippen LogP contribution >= 0.6 is 11.3 Å². The van der Waals surface area contributed by atoms with Crippen LogP contribution in [0, 0.1) is 6.92 Å². The van der Waals surface area contributed by atoms with Crippen LogP contribution in [0.1, 0.15) is 87.0 Å². The van der Waals surface area contributed by atoms with Crippen LogP contribution in [0.25, 0.3) is 0 Å². The quantitative estimate of drug-likeness (QED) is 0.477. The van der Waals surface area contributed by atoms with E-state index in [1.54, 1.807) is 11.3 Å². The average molecular weight is 354 g/mol. The van der Waals surface area contributed by atoms with E-state index in [0.29, 0.717) is 12.8 Å². The van der Waals surface area contributed by atoms with Gasteiger partial charge in [0.05, 0.1) is 0 Å². The van der Waals surface area contributed by atoms with Crippen molar-refractivity contribution in [1.29, 1.82) is 0 Å². The lowest BCUT2D eigenvalue weighted by Gasteiger charge is -2.27. The van der Waals surface area contributed by atoms with E-state index in [2.05, 4.69) is 39.8 Å². The van der Waals surface area contributed by atoms with Crippen LogP contribution in [0.3, 0.4) is 0 Å². The maximum absolute atomic E-state index is 13.4. The highest BCUT2D eigenvalue weighted by Crippen LogP contribution is 2.43. The molecule has 4 heteroatoms. The second-order valence-corrected chi connectivity index (χ2v) is 8.08. The van der Waals surface area contributed by atoms with E-state index in [9.17, 15) is 8.78 Å². The Balaban J connectivity index is 2.19. The topological polar surface area (TPSA) is 12.4 Å². The van der Waals surface area contributed by atoms with E-state index in [0.717, 1.165) is 30.7 Å². The highest BCUT2D eigenvalue weighted by atomic mass is 32.1. The summed E-state index contributed by atoms with van der Waals surface area (Å²) in [5.74, 6) is -2.17. The predicted octanol–water partition coefficient (Wildman–Crippen LogP) is 7.25. The van der Waals surface area contributed by atoms with Gasteiger partial charge in [-0.1, -0.05) is 26.3 Å². The molecule has 1 aliphatic carbocycles. The number of alkyl halides is 2. The number of thiophene rings is 1. The summed E-state index contributed by atoms with van der Waals surface area (Å²) in [6.45, 7) is 8.47. The van der Waals surface area contributed by atoms with Crippen molar-refractivity contribution in [2.45, 2.75) is 84.5 Å². The minimum Gasteiger partial charge on any atom is -0.258 e. The Kier molecular flexibility index (Phi) is 6.73. The lowest BCUT2D eigenvalue weighted by Crippen LogP contribution is -2.23. The number of nitrogens with zero attached hydrogens (tertiary/aromatic N) is 1. The molecule has 134 valence electrons. The first-order valence-corrected chi connectivity index (χ1v) is 9.90. The smallest absolute Gasteiger partial charge is 0.248 e. The first kappa shape index (κ1) is 19.3. The zero-order valence-corrected chi connectivity index (χ0v) is 16.1. The molecule has 0 radical (unpaired) electrons. The van der Waals surface area contributed by atoms with Crippen LogP contribution in [-0.4, -0.2) is 11.6 Å². The number of aliphatic imine (C=N–C) groups is 1. The molecule has 0 atom stereocenters. The summed E-state index contributed by atoms with van der Waals surface area (Å²) < 4.78 is 26.8. The molecule has 1 aromatic rings. The number of unbranched alkanes of at least 4 members (excludes halogenated alkanes) is 1. The van der Waals surface area contributed by atoms with Crippen molar-refractivity contribution in [1.82, 2.24) is 0 Å². The van der Waals surface area contributed by atoms with Crippen LogP contribution in [0.4, 0.5) is 8.78 Å². The van der Waals surface area contributed by atoms with Gasteiger partial charge >= 0.3 is 0 Å². The number of hydrogen-bond acceptors (Lipinski definition) is 2. The summed E-state index contributed by atoms with van der Waals surface area (Å²) >= 11 is 1.76. The second-order valence-electron chi connectivity index (χ2n) is 6.80. The molecule has 0 unspecified atom stereocenters. The SMILES string of the molecule is CCC/C=C(C)/N=C(/CC)c1cc(C2CCC(F)(F)CC2)sc1C. The molecule has 24 heavy (non-hydrogen) atoms. The van der Waals surface area contributed by atoms with E-state index >= 15 is 0 Å². The van der Waals surface area contributed by atoms with Gasteiger partial charge in [0.2, 0.25) is 5.92 Å². The van der Waals surface area contributed by atoms with E-state index in [-0.39, 0.29) is 18.8 Å². The van der Waals surface area contributed by atoms with Crippen LogP contribution in [-0.2, 0) is 0 Å². The molecule has 0 spiro atoms. The summed E-state index contributed by atoms with van der Waals surface area (Å²) in [5.41, 5.74) is 3.39. The normalized spacial score (nSPS) is 19.8. The van der Waals surface area contributed by atoms with E-state index < -0.39 is 5.92 Å². The molecule has 0 bridgehead atoms. The van der Waals surface area contributed by atoms with Gasteiger partial charge in [-0.25, -0.2) is 8.78 Å². The van der Waals surface area contributed by atoms with Crippen molar-refractivity contribution >= 4 is 17.0 Å². The maximum atomic E-state index is 13.4. The third kappa shape index (κ3) is 4.98. The number of hydrogen-bond donors (Lipinski definition) is 0. The maximum Gasteiger partial charge on any atom is 0.248 e. The van der Waals surface area contributed by atoms with Gasteiger partial charge in [0.1, 0.15) is 0 Å². The summed E-state index contributed by atoms with van der Waals surface area (Å²) in [6, 6.07) is 2.21. The van der Waals surface area contributed by atoms with Crippen LogP contribution in [0.2, 0.25) is 0 Å². The number of aryl methyl sites for hydroxylation is 1. The Hall–Kier alpha value is -1.03. The van der Waals surface area contributed by atoms with Crippen LogP contribution < -0.4 is 0 Å². The van der Waals surface area contributed by atoms with E-state index in [1.165, 1.54) is 15.3 Å². The van der Waals surface area contributed by atoms with Crippen molar-refractivity contribution in [3.63, 3.8) is 0 Å². The van der Waals surface area contributed by atoms with Gasteiger partial charge in [-0.05, 0) is 51.5 Å². The zero-order valence-electron chi connectivity index (χ0n) is 15.3. The summed E-state index contributed by atoms with van der Waals surface area (Å²) in [4.78, 5) is 7.32. The summed E-state index contributed by atoms with van der Waals surface area (Å²) in [7, 11) is 0. The molecule has 0 amide bonds. The molecule has 0 aromatic carbocycles. The van der Waals surface area contributed by atoms with Gasteiger partial charge in [0, 0.05) is 39.6 Å². The molecule has 1 heterocycles. The van der Waals surface area contributed by atoms with Gasteiger partial charge in [0.15, 0.2) is 0 Å². The number of allylic oxidation sites excluding steroid dienone is 2. The first-order valence-electron chi connectivity index (χ1n) is 9.09. The molecule has 0 aliphatic heterocycles. The minimum atomic E-state index is -2.46. The largest absolute Gasteiger partial charge is 0.258 e. The molecular formula is C20H29F2NS. The van der Waals surface area contributed by atoms with Gasteiger partial charge < -0.3 is 0 Å². The fourth-order valence-corrected chi connectivity index (χ4v) is 4.48. The molecule has 0 saturated heterocycles. The molecule has 1 nitrogen and oxygen atoms in total. The molecule has 1 saturated carbocycles. The van der Waals surface area contributed by atoms with Crippen molar-refractivity contribution in [2.75, 3.05) is 0 Å². The molecule has 1 aromatic heterocycles. The standard InChI is InChI=1S/C20H29F2NS/c1-5-7-8-14(3)23-18(6-2)17-13-19(24-15(17)4)16-9-11-20(21,22)12-10-16/h8,13,16H,5-7,9-12H2,1-4H3/b14-8+,23-18-. The monoisotopic (exact) mass is 353 g/mol. The highest BCUT2D eigenvalue weighted by Gasteiger charge is 2.36. The van der Waals surface area contributed by atoms with Gasteiger partial charge in [-0.2, -0.15) is 0 Å². The Morgan fingerprint density at radius 1 is 1.33 bits per heavy atom. The van der Waals surface area contributed by atoms with Gasteiger partial charge in [-0.15, -0.1) is 11.3 Å². The number of rotatable bonds is 6. The van der Waals surface area contributed by atoms with Crippen molar-refractivity contribution in [2.24, 2.45) is 4.99 Å². The van der Waals surface area contributed by atoms with Crippen LogP contribution in [0.5, 0.6) is 0 Å². The average Bonchev–Trinajstić information content (AvgIpc) is 2.92. The van der Waals surface area contributed by atoms with Crippen molar-refractivity contribution < 1.29 is 8.78 Å². The molecule has 0 N–H and O–H groups in total. The molecule has 1 aliphatic rings. The molecular weight excluding hydrogens is 324 g/mol. The van der Waals surface area contributed by atoms with Gasteiger partial charge in [0.25, 0.3) is 0 Å². The van der Waals surface area contributed by atoms with E-state index in [1.807, 2.05) is 0 Å². The van der Waals surface area contributed by atoms with E-state index in [4.69, 9.17) is 4.99 Å². The highest BCUT2D eigenvalue weighted by molar-refractivity contribution is 7.12. The lowest BCUT2D eigenvalue weighted by atomic mass is 9.85. The Labute approximate surface area is 148 Å². The molecule has 1 fully saturated rings. The minimum absolute atomic E-state index is 0.0253. The summed E-state index contributed by atoms with van der Waals surface area (Å²) in [5, 5.41) is 0. The number of halogens is 2. The predicted molar refractivity (Wildman–Crippen MR) is 101 cm³/mol. The van der Waals surface area contributed by atoms with Crippen molar-refractivity contribution in [3.05, 3.63) is 33.2 Å². The fourth-order valence-electron chi connectivity index (χ4n) is 3.26. The Morgan fingerprint density at radius 3 is 2.58 bits per heavy atom. The Bertz CT molecular complexity index is 603. The second kappa shape index (κ2) is 8.37. The Morgan fingerprint density at radius 2 is 2.00 bits per heavy atom. The zero-order chi connectivity index (χ0) is 17.7. The van der Waals surface area contributed by atoms with Gasteiger partial charge in [-0.3, -0.25) is 4.99 Å². The third-order valence-corrected chi connectivity index (χ3v) is 5.95. The first-order chi connectivity index (χ1) is 11.4.